The summed E-state index contributed by atoms with van der Waals surface area (Å²) < 4.78 is 31.7. The molecule has 5 rings (SSSR count). The number of alkyl halides is 2. The highest BCUT2D eigenvalue weighted by Gasteiger charge is 2.28. The van der Waals surface area contributed by atoms with Gasteiger partial charge in [0.15, 0.2) is 5.82 Å². The van der Waals surface area contributed by atoms with E-state index < -0.39 is 12.1 Å². The van der Waals surface area contributed by atoms with Gasteiger partial charge in [-0.25, -0.2) is 15.0 Å². The van der Waals surface area contributed by atoms with E-state index in [4.69, 9.17) is 9.72 Å². The zero-order chi connectivity index (χ0) is 28.4. The van der Waals surface area contributed by atoms with Crippen molar-refractivity contribution in [1.82, 2.24) is 24.4 Å². The van der Waals surface area contributed by atoms with Gasteiger partial charge in [0.05, 0.1) is 5.52 Å². The van der Waals surface area contributed by atoms with Crippen molar-refractivity contribution in [3.8, 4) is 11.5 Å². The van der Waals surface area contributed by atoms with Crippen LogP contribution in [0.1, 0.15) is 18.5 Å². The highest BCUT2D eigenvalue weighted by Crippen LogP contribution is 2.31. The van der Waals surface area contributed by atoms with Crippen molar-refractivity contribution in [3.05, 3.63) is 82.6 Å². The summed E-state index contributed by atoms with van der Waals surface area (Å²) in [6, 6.07) is 11.2. The van der Waals surface area contributed by atoms with E-state index in [1.165, 1.54) is 12.4 Å². The zero-order valence-electron chi connectivity index (χ0n) is 22.1. The van der Waals surface area contributed by atoms with Crippen molar-refractivity contribution in [2.75, 3.05) is 37.4 Å². The first kappa shape index (κ1) is 26.9. The van der Waals surface area contributed by atoms with Crippen LogP contribution in [0.25, 0.3) is 11.0 Å². The summed E-state index contributed by atoms with van der Waals surface area (Å²) in [5.74, 6) is 1.54. The number of aromatic nitrogens is 4. The molecule has 0 aliphatic carbocycles. The van der Waals surface area contributed by atoms with Gasteiger partial charge in [-0.05, 0) is 69.4 Å². The molecule has 0 radical (unpaired) electrons. The third-order valence-electron chi connectivity index (χ3n) is 6.37. The molecule has 40 heavy (non-hydrogen) atoms. The Kier molecular flexibility index (Phi) is 7.52. The van der Waals surface area contributed by atoms with Crippen LogP contribution in [0.2, 0.25) is 0 Å². The lowest BCUT2D eigenvalue weighted by atomic mass is 10.2. The number of likely N-dealkylation sites (N-methyl/N-ethyl adjacent to an activating group) is 1. The molecule has 3 aromatic heterocycles. The molecule has 4 aromatic rings. The van der Waals surface area contributed by atoms with Crippen molar-refractivity contribution in [3.63, 3.8) is 0 Å². The van der Waals surface area contributed by atoms with Crippen LogP contribution >= 0.6 is 0 Å². The highest BCUT2D eigenvalue weighted by molar-refractivity contribution is 6.08. The number of aryl methyl sites for hydroxylation is 1. The first-order chi connectivity index (χ1) is 19.2. The molecule has 0 unspecified atom stereocenters. The second kappa shape index (κ2) is 11.2. The molecule has 1 fully saturated rings. The largest absolute Gasteiger partial charge is 0.457 e. The second-order valence-corrected chi connectivity index (χ2v) is 9.55. The second-order valence-electron chi connectivity index (χ2n) is 9.55. The monoisotopic (exact) mass is 547 g/mol. The maximum Gasteiger partial charge on any atom is 0.321 e. The first-order valence-corrected chi connectivity index (χ1v) is 12.5. The van der Waals surface area contributed by atoms with Gasteiger partial charge in [0, 0.05) is 36.6 Å². The van der Waals surface area contributed by atoms with Crippen LogP contribution in [0.15, 0.2) is 71.4 Å². The highest BCUT2D eigenvalue weighted by atomic mass is 19.3. The van der Waals surface area contributed by atoms with E-state index in [2.05, 4.69) is 15.3 Å². The van der Waals surface area contributed by atoms with E-state index in [0.717, 1.165) is 23.4 Å². The fourth-order valence-electron chi connectivity index (χ4n) is 4.29. The van der Waals surface area contributed by atoms with Gasteiger partial charge in [-0.3, -0.25) is 19.1 Å². The number of amides is 1. The van der Waals surface area contributed by atoms with Crippen molar-refractivity contribution in [2.24, 2.45) is 0 Å². The van der Waals surface area contributed by atoms with E-state index in [9.17, 15) is 18.4 Å². The van der Waals surface area contributed by atoms with E-state index in [1.54, 1.807) is 23.1 Å². The maximum atomic E-state index is 13.0. The Bertz CT molecular complexity index is 1670. The van der Waals surface area contributed by atoms with Gasteiger partial charge in [-0.15, -0.1) is 0 Å². The predicted molar refractivity (Wildman–Crippen MR) is 147 cm³/mol. The Labute approximate surface area is 228 Å². The van der Waals surface area contributed by atoms with Crippen LogP contribution in [0.4, 0.5) is 26.1 Å². The van der Waals surface area contributed by atoms with Gasteiger partial charge in [-0.1, -0.05) is 6.08 Å². The number of rotatable bonds is 8. The maximum absolute atomic E-state index is 13.0. The van der Waals surface area contributed by atoms with Gasteiger partial charge in [-0.2, -0.15) is 8.78 Å². The molecule has 0 spiro atoms. The number of carbonyl (C=O) groups excluding carboxylic acids is 1. The van der Waals surface area contributed by atoms with E-state index in [0.29, 0.717) is 58.2 Å². The number of nitrogens with one attached hydrogen (secondary N) is 1. The number of ether oxygens (including phenoxy) is 1. The van der Waals surface area contributed by atoms with Gasteiger partial charge in [0.1, 0.15) is 29.2 Å². The lowest BCUT2D eigenvalue weighted by Gasteiger charge is -2.16. The third kappa shape index (κ3) is 5.66. The molecule has 10 nitrogen and oxygen atoms in total. The van der Waals surface area contributed by atoms with Gasteiger partial charge < -0.3 is 15.0 Å². The molecule has 1 N–H and O–H groups in total. The van der Waals surface area contributed by atoms with E-state index in [1.807, 2.05) is 44.1 Å². The average molecular weight is 548 g/mol. The molecule has 0 saturated carbocycles. The minimum atomic E-state index is -2.92. The number of carbonyl (C=O) groups is 1. The normalized spacial score (nSPS) is 14.6. The average Bonchev–Trinajstić information content (AvgIpc) is 3.29. The van der Waals surface area contributed by atoms with Crippen molar-refractivity contribution >= 4 is 34.3 Å². The van der Waals surface area contributed by atoms with Crippen molar-refractivity contribution in [1.29, 1.82) is 0 Å². The fourth-order valence-corrected chi connectivity index (χ4v) is 4.29. The fraction of sp³-hybridized carbons (Fsp3) is 0.250. The molecule has 12 heteroatoms. The summed E-state index contributed by atoms with van der Waals surface area (Å²) in [6.45, 7) is 0.130. The molecule has 0 atom stereocenters. The number of hydrogen-bond donors (Lipinski definition) is 1. The minimum Gasteiger partial charge on any atom is -0.457 e. The molecular weight excluding hydrogens is 520 g/mol. The number of nitrogens with zero attached hydrogens (tertiary/aromatic N) is 6. The van der Waals surface area contributed by atoms with Crippen LogP contribution in [0, 0.1) is 6.92 Å². The summed E-state index contributed by atoms with van der Waals surface area (Å²) in [6.07, 6.45) is 5.03. The van der Waals surface area contributed by atoms with E-state index >= 15 is 0 Å². The summed E-state index contributed by atoms with van der Waals surface area (Å²) >= 11 is 0. The Hall–Kier alpha value is -4.71. The third-order valence-corrected chi connectivity index (χ3v) is 6.37. The molecule has 1 aromatic carbocycles. The number of anilines is 3. The predicted octanol–water partition coefficient (Wildman–Crippen LogP) is 4.65. The molecule has 0 bridgehead atoms. The SMILES string of the molecule is Cc1cc(Nc2ncnc3ccc(N4CC/C(=C\CN(C)C)C4=O)nc23)ccc1Oc1ccn(C(F)F)c(=O)c1. The summed E-state index contributed by atoms with van der Waals surface area (Å²) in [5.41, 5.74) is 2.46. The first-order valence-electron chi connectivity index (χ1n) is 12.5. The number of pyridine rings is 2. The Morgan fingerprint density at radius 1 is 1.12 bits per heavy atom. The molecule has 1 aliphatic rings. The summed E-state index contributed by atoms with van der Waals surface area (Å²) in [4.78, 5) is 41.9. The number of hydrogen-bond acceptors (Lipinski definition) is 8. The lowest BCUT2D eigenvalue weighted by molar-refractivity contribution is -0.114. The summed E-state index contributed by atoms with van der Waals surface area (Å²) in [5, 5.41) is 3.25. The molecule has 1 amide bonds. The molecular formula is C28H27F2N7O3. The Morgan fingerprint density at radius 2 is 1.95 bits per heavy atom. The van der Waals surface area contributed by atoms with Gasteiger partial charge in [0.25, 0.3) is 11.5 Å². The van der Waals surface area contributed by atoms with Crippen molar-refractivity contribution < 1.29 is 18.3 Å². The topological polar surface area (TPSA) is 105 Å². The Morgan fingerprint density at radius 3 is 2.67 bits per heavy atom. The van der Waals surface area contributed by atoms with Crippen LogP contribution in [-0.4, -0.2) is 57.5 Å². The zero-order valence-corrected chi connectivity index (χ0v) is 22.1. The van der Waals surface area contributed by atoms with Crippen LogP contribution in [0.3, 0.4) is 0 Å². The standard InChI is InChI=1S/C28H27F2N7O3/c1-17-14-19(4-6-22(17)40-20-10-13-37(28(29)30)24(38)15-20)33-26-25-21(31-16-32-26)5-7-23(34-25)36-12-9-18(27(36)39)8-11-35(2)3/h4-8,10,13-16,28H,9,11-12H2,1-3H3,(H,31,32,33)/b18-8+. The number of halogens is 2. The minimum absolute atomic E-state index is 0.0576. The molecule has 206 valence electrons. The molecule has 4 heterocycles. The van der Waals surface area contributed by atoms with Crippen molar-refractivity contribution in [2.45, 2.75) is 19.9 Å². The lowest BCUT2D eigenvalue weighted by Crippen LogP contribution is -2.25. The quantitative estimate of drug-likeness (QED) is 0.318. The van der Waals surface area contributed by atoms with Crippen LogP contribution < -0.4 is 20.5 Å². The number of benzene rings is 1. The Balaban J connectivity index is 1.36. The molecule has 1 aliphatic heterocycles. The van der Waals surface area contributed by atoms with Crippen LogP contribution in [-0.2, 0) is 4.79 Å². The summed E-state index contributed by atoms with van der Waals surface area (Å²) in [7, 11) is 3.91. The van der Waals surface area contributed by atoms with E-state index in [-0.39, 0.29) is 11.7 Å². The van der Waals surface area contributed by atoms with Gasteiger partial charge >= 0.3 is 6.55 Å². The molecule has 1 saturated heterocycles. The number of fused-ring (bicyclic) bond motifs is 1. The smallest absolute Gasteiger partial charge is 0.321 e. The van der Waals surface area contributed by atoms with Gasteiger partial charge in [0.2, 0.25) is 0 Å². The van der Waals surface area contributed by atoms with Crippen LogP contribution in [0.5, 0.6) is 11.5 Å².